The first-order valence-electron chi connectivity index (χ1n) is 10.7. The first kappa shape index (κ1) is 21.8. The Hall–Kier alpha value is -3.38. The summed E-state index contributed by atoms with van der Waals surface area (Å²) in [5.41, 5.74) is 5.57. The predicted molar refractivity (Wildman–Crippen MR) is 130 cm³/mol. The van der Waals surface area contributed by atoms with Crippen LogP contribution in [0.25, 0.3) is 22.0 Å². The van der Waals surface area contributed by atoms with Gasteiger partial charge in [-0.15, -0.1) is 11.3 Å². The number of carbonyl (C=O) groups excluding carboxylic acids is 2. The van der Waals surface area contributed by atoms with Crippen LogP contribution in [0.5, 0.6) is 0 Å². The van der Waals surface area contributed by atoms with E-state index in [0.29, 0.717) is 23.5 Å². The number of thiophene rings is 1. The second-order valence-electron chi connectivity index (χ2n) is 7.74. The molecule has 2 aromatic heterocycles. The van der Waals surface area contributed by atoms with E-state index >= 15 is 0 Å². The number of nitrogens with one attached hydrogen (secondary N) is 1. The highest BCUT2D eigenvalue weighted by atomic mass is 32.1. The highest BCUT2D eigenvalue weighted by molar-refractivity contribution is 7.15. The van der Waals surface area contributed by atoms with Crippen LogP contribution in [-0.2, 0) is 16.1 Å². The molecule has 0 saturated carbocycles. The molecule has 1 N–H and O–H groups in total. The van der Waals surface area contributed by atoms with Crippen molar-refractivity contribution in [1.82, 2.24) is 4.57 Å². The lowest BCUT2D eigenvalue weighted by Gasteiger charge is -2.10. The van der Waals surface area contributed by atoms with E-state index in [1.807, 2.05) is 54.9 Å². The van der Waals surface area contributed by atoms with Gasteiger partial charge in [-0.3, -0.25) is 4.79 Å². The van der Waals surface area contributed by atoms with Gasteiger partial charge in [0.2, 0.25) is 5.91 Å². The van der Waals surface area contributed by atoms with E-state index in [2.05, 4.69) is 28.9 Å². The van der Waals surface area contributed by atoms with Gasteiger partial charge in [-0.05, 0) is 55.0 Å². The normalized spacial score (nSPS) is 11.0. The van der Waals surface area contributed by atoms with Gasteiger partial charge in [-0.2, -0.15) is 0 Å². The molecule has 0 spiro atoms. The number of carbonyl (C=O) groups is 2. The van der Waals surface area contributed by atoms with Crippen LogP contribution in [0.1, 0.15) is 34.8 Å². The minimum absolute atomic E-state index is 0.137. The number of hydrogen-bond donors (Lipinski definition) is 1. The summed E-state index contributed by atoms with van der Waals surface area (Å²) >= 11 is 1.35. The second kappa shape index (κ2) is 9.40. The molecule has 4 rings (SSSR count). The number of para-hydroxylation sites is 1. The Kier molecular flexibility index (Phi) is 6.42. The summed E-state index contributed by atoms with van der Waals surface area (Å²) in [6.07, 6.45) is 2.29. The van der Waals surface area contributed by atoms with Gasteiger partial charge in [0.25, 0.3) is 0 Å². The molecular formula is C26H26N2O3S. The molecule has 4 aromatic rings. The zero-order valence-electron chi connectivity index (χ0n) is 18.5. The maximum Gasteiger partial charge on any atom is 0.341 e. The smallest absolute Gasteiger partial charge is 0.341 e. The SMILES string of the molecule is CCOC(=O)c1c(-c2ccc(C)c(C)c2)csc1NC(=O)CCn1ccc2ccccc21. The van der Waals surface area contributed by atoms with E-state index in [1.54, 1.807) is 6.92 Å². The molecule has 0 aliphatic heterocycles. The fourth-order valence-electron chi connectivity index (χ4n) is 3.72. The number of benzene rings is 2. The summed E-state index contributed by atoms with van der Waals surface area (Å²) in [4.78, 5) is 25.5. The summed E-state index contributed by atoms with van der Waals surface area (Å²) in [6.45, 7) is 6.71. The molecule has 0 bridgehead atoms. The number of amides is 1. The van der Waals surface area contributed by atoms with Gasteiger partial charge in [0.05, 0.1) is 6.61 Å². The zero-order chi connectivity index (χ0) is 22.7. The van der Waals surface area contributed by atoms with Gasteiger partial charge >= 0.3 is 5.97 Å². The average Bonchev–Trinajstić information content (AvgIpc) is 3.38. The fraction of sp³-hybridized carbons (Fsp3) is 0.231. The Morgan fingerprint density at radius 2 is 1.88 bits per heavy atom. The number of fused-ring (bicyclic) bond motifs is 1. The molecule has 2 heterocycles. The van der Waals surface area contributed by atoms with Crippen molar-refractivity contribution in [2.45, 2.75) is 33.7 Å². The van der Waals surface area contributed by atoms with Crippen LogP contribution < -0.4 is 5.32 Å². The number of esters is 1. The molecule has 2 aromatic carbocycles. The molecule has 164 valence electrons. The van der Waals surface area contributed by atoms with Gasteiger partial charge in [0.1, 0.15) is 10.6 Å². The number of ether oxygens (including phenoxy) is 1. The molecule has 0 aliphatic carbocycles. The number of hydrogen-bond acceptors (Lipinski definition) is 4. The van der Waals surface area contributed by atoms with Crippen LogP contribution in [0.4, 0.5) is 5.00 Å². The van der Waals surface area contributed by atoms with Crippen molar-refractivity contribution in [3.8, 4) is 11.1 Å². The van der Waals surface area contributed by atoms with Crippen molar-refractivity contribution in [3.05, 3.63) is 76.8 Å². The van der Waals surface area contributed by atoms with Crippen molar-refractivity contribution >= 4 is 39.1 Å². The molecular weight excluding hydrogens is 420 g/mol. The molecule has 0 unspecified atom stereocenters. The lowest BCUT2D eigenvalue weighted by molar-refractivity contribution is -0.116. The second-order valence-corrected chi connectivity index (χ2v) is 8.62. The quantitative estimate of drug-likeness (QED) is 0.344. The van der Waals surface area contributed by atoms with Crippen LogP contribution in [0.2, 0.25) is 0 Å². The van der Waals surface area contributed by atoms with Gasteiger partial charge in [-0.25, -0.2) is 4.79 Å². The third kappa shape index (κ3) is 4.46. The monoisotopic (exact) mass is 446 g/mol. The third-order valence-corrected chi connectivity index (χ3v) is 6.50. The molecule has 0 atom stereocenters. The highest BCUT2D eigenvalue weighted by Crippen LogP contribution is 2.37. The number of anilines is 1. The van der Waals surface area contributed by atoms with E-state index in [0.717, 1.165) is 27.6 Å². The summed E-state index contributed by atoms with van der Waals surface area (Å²) in [5, 5.41) is 6.52. The zero-order valence-corrected chi connectivity index (χ0v) is 19.3. The van der Waals surface area contributed by atoms with Gasteiger partial charge in [0, 0.05) is 35.6 Å². The Balaban J connectivity index is 1.55. The summed E-state index contributed by atoms with van der Waals surface area (Å²) in [6, 6.07) is 16.2. The van der Waals surface area contributed by atoms with E-state index < -0.39 is 5.97 Å². The number of aromatic nitrogens is 1. The third-order valence-electron chi connectivity index (χ3n) is 5.60. The minimum Gasteiger partial charge on any atom is -0.462 e. The summed E-state index contributed by atoms with van der Waals surface area (Å²) < 4.78 is 7.37. The lowest BCUT2D eigenvalue weighted by Crippen LogP contribution is -2.16. The Morgan fingerprint density at radius 1 is 1.06 bits per heavy atom. The lowest BCUT2D eigenvalue weighted by atomic mass is 9.99. The molecule has 1 amide bonds. The van der Waals surface area contributed by atoms with Crippen molar-refractivity contribution in [1.29, 1.82) is 0 Å². The van der Waals surface area contributed by atoms with Crippen LogP contribution in [-0.4, -0.2) is 23.1 Å². The number of rotatable bonds is 7. The Morgan fingerprint density at radius 3 is 2.66 bits per heavy atom. The van der Waals surface area contributed by atoms with Crippen molar-refractivity contribution < 1.29 is 14.3 Å². The van der Waals surface area contributed by atoms with Gasteiger partial charge < -0.3 is 14.6 Å². The first-order valence-corrected chi connectivity index (χ1v) is 11.6. The molecule has 32 heavy (non-hydrogen) atoms. The van der Waals surface area contributed by atoms with Crippen LogP contribution in [0.15, 0.2) is 60.1 Å². The molecule has 0 aliphatic rings. The first-order chi connectivity index (χ1) is 15.5. The maximum absolute atomic E-state index is 12.8. The molecule has 0 saturated heterocycles. The Labute approximate surface area is 191 Å². The number of aryl methyl sites for hydroxylation is 3. The topological polar surface area (TPSA) is 60.3 Å². The molecule has 6 heteroatoms. The standard InChI is InChI=1S/C26H26N2O3S/c1-4-31-26(30)24-21(20-10-9-17(2)18(3)15-20)16-32-25(24)27-23(29)12-14-28-13-11-19-7-5-6-8-22(19)28/h5-11,13,15-16H,4,12,14H2,1-3H3,(H,27,29). The predicted octanol–water partition coefficient (Wildman–Crippen LogP) is 6.19. The molecule has 0 radical (unpaired) electrons. The molecule has 0 fully saturated rings. The average molecular weight is 447 g/mol. The van der Waals surface area contributed by atoms with Crippen LogP contribution in [0.3, 0.4) is 0 Å². The van der Waals surface area contributed by atoms with Gasteiger partial charge in [0.15, 0.2) is 0 Å². The minimum atomic E-state index is -0.423. The van der Waals surface area contributed by atoms with E-state index in [-0.39, 0.29) is 12.5 Å². The van der Waals surface area contributed by atoms with E-state index in [4.69, 9.17) is 4.74 Å². The highest BCUT2D eigenvalue weighted by Gasteiger charge is 2.23. The maximum atomic E-state index is 12.8. The Bertz CT molecular complexity index is 1290. The number of nitrogens with zero attached hydrogens (tertiary/aromatic N) is 1. The van der Waals surface area contributed by atoms with Gasteiger partial charge in [-0.1, -0.05) is 36.4 Å². The van der Waals surface area contributed by atoms with E-state index in [1.165, 1.54) is 16.9 Å². The van der Waals surface area contributed by atoms with Crippen molar-refractivity contribution in [2.24, 2.45) is 0 Å². The summed E-state index contributed by atoms with van der Waals surface area (Å²) in [5.74, 6) is -0.560. The fourth-order valence-corrected chi connectivity index (χ4v) is 4.70. The van der Waals surface area contributed by atoms with Crippen LogP contribution >= 0.6 is 11.3 Å². The van der Waals surface area contributed by atoms with Crippen LogP contribution in [0, 0.1) is 13.8 Å². The largest absolute Gasteiger partial charge is 0.462 e. The van der Waals surface area contributed by atoms with Crippen molar-refractivity contribution in [3.63, 3.8) is 0 Å². The molecule has 5 nitrogen and oxygen atoms in total. The summed E-state index contributed by atoms with van der Waals surface area (Å²) in [7, 11) is 0. The van der Waals surface area contributed by atoms with Crippen molar-refractivity contribution in [2.75, 3.05) is 11.9 Å². The van der Waals surface area contributed by atoms with E-state index in [9.17, 15) is 9.59 Å².